The van der Waals surface area contributed by atoms with Crippen molar-refractivity contribution in [2.75, 3.05) is 0 Å². The lowest BCUT2D eigenvalue weighted by molar-refractivity contribution is -0.147. The van der Waals surface area contributed by atoms with Crippen molar-refractivity contribution in [3.63, 3.8) is 0 Å². The largest absolute Gasteiger partial charge is 0.458 e. The minimum absolute atomic E-state index is 0.0982. The number of carbonyl (C=O) groups excluding carboxylic acids is 1. The van der Waals surface area contributed by atoms with Gasteiger partial charge >= 0.3 is 5.97 Å². The van der Waals surface area contributed by atoms with Gasteiger partial charge in [-0.15, -0.1) is 0 Å². The minimum Gasteiger partial charge on any atom is -0.458 e. The van der Waals surface area contributed by atoms with Crippen molar-refractivity contribution in [2.24, 2.45) is 5.92 Å². The second-order valence-electron chi connectivity index (χ2n) is 8.57. The maximum Gasteiger partial charge on any atom is 0.306 e. The van der Waals surface area contributed by atoms with Crippen LogP contribution in [0.5, 0.6) is 0 Å². The van der Waals surface area contributed by atoms with E-state index in [9.17, 15) is 4.79 Å². The summed E-state index contributed by atoms with van der Waals surface area (Å²) in [6.45, 7) is 16.9. The van der Waals surface area contributed by atoms with Crippen LogP contribution in [0.25, 0.3) is 0 Å². The van der Waals surface area contributed by atoms with Gasteiger partial charge in [0.25, 0.3) is 0 Å². The molecule has 0 N–H and O–H groups in total. The van der Waals surface area contributed by atoms with Crippen molar-refractivity contribution in [3.8, 4) is 0 Å². The maximum absolute atomic E-state index is 12.2. The van der Waals surface area contributed by atoms with Gasteiger partial charge < -0.3 is 4.74 Å². The molecule has 2 heteroatoms. The van der Waals surface area contributed by atoms with Crippen molar-refractivity contribution < 1.29 is 9.53 Å². The third-order valence-electron chi connectivity index (χ3n) is 4.21. The van der Waals surface area contributed by atoms with Gasteiger partial charge in [-0.2, -0.15) is 0 Å². The molecule has 27 heavy (non-hydrogen) atoms. The molecule has 0 saturated heterocycles. The van der Waals surface area contributed by atoms with Crippen LogP contribution in [0.4, 0.5) is 0 Å². The molecule has 0 bridgehead atoms. The van der Waals surface area contributed by atoms with Crippen LogP contribution in [0.3, 0.4) is 0 Å². The third-order valence-corrected chi connectivity index (χ3v) is 4.21. The average molecular weight is 375 g/mol. The van der Waals surface area contributed by atoms with Crippen molar-refractivity contribution in [1.29, 1.82) is 0 Å². The number of rotatable bonds is 12. The first kappa shape index (κ1) is 25.4. The lowest BCUT2D eigenvalue weighted by atomic mass is 10.0. The lowest BCUT2D eigenvalue weighted by Gasteiger charge is -2.16. The van der Waals surface area contributed by atoms with Crippen LogP contribution >= 0.6 is 0 Å². The Morgan fingerprint density at radius 1 is 0.815 bits per heavy atom. The zero-order valence-corrected chi connectivity index (χ0v) is 19.0. The van der Waals surface area contributed by atoms with Gasteiger partial charge in [-0.1, -0.05) is 54.4 Å². The molecule has 0 radical (unpaired) electrons. The summed E-state index contributed by atoms with van der Waals surface area (Å²) in [6, 6.07) is 0. The van der Waals surface area contributed by atoms with Crippen LogP contribution in [-0.4, -0.2) is 12.1 Å². The van der Waals surface area contributed by atoms with Gasteiger partial charge in [-0.25, -0.2) is 0 Å². The van der Waals surface area contributed by atoms with E-state index in [0.717, 1.165) is 32.1 Å². The minimum atomic E-state index is -0.165. The van der Waals surface area contributed by atoms with Crippen molar-refractivity contribution in [3.05, 3.63) is 46.6 Å². The second kappa shape index (κ2) is 14.5. The Labute approximate surface area is 168 Å². The Bertz CT molecular complexity index is 551. The number of hydrogen-bond donors (Lipinski definition) is 0. The van der Waals surface area contributed by atoms with Gasteiger partial charge in [0, 0.05) is 12.8 Å². The Morgan fingerprint density at radius 2 is 1.33 bits per heavy atom. The van der Waals surface area contributed by atoms with Crippen LogP contribution in [0.1, 0.15) is 93.9 Å². The monoisotopic (exact) mass is 374 g/mol. The molecule has 0 aromatic heterocycles. The Morgan fingerprint density at radius 3 is 1.81 bits per heavy atom. The SMILES string of the molecule is CC(C)=CCC/C(C)=C/CC(/C=C(\C)CCC=C(C)C)OC(=O)CC(C)C. The van der Waals surface area contributed by atoms with Gasteiger partial charge in [0.1, 0.15) is 6.10 Å². The van der Waals surface area contributed by atoms with E-state index in [1.54, 1.807) is 0 Å². The predicted molar refractivity (Wildman–Crippen MR) is 119 cm³/mol. The summed E-state index contributed by atoms with van der Waals surface area (Å²) < 4.78 is 5.77. The van der Waals surface area contributed by atoms with Crippen LogP contribution in [0.2, 0.25) is 0 Å². The van der Waals surface area contributed by atoms with Crippen LogP contribution in [-0.2, 0) is 9.53 Å². The van der Waals surface area contributed by atoms with E-state index < -0.39 is 0 Å². The van der Waals surface area contributed by atoms with E-state index in [-0.39, 0.29) is 12.1 Å². The molecule has 0 aromatic carbocycles. The summed E-state index contributed by atoms with van der Waals surface area (Å²) in [5.41, 5.74) is 5.34. The molecule has 0 fully saturated rings. The summed E-state index contributed by atoms with van der Waals surface area (Å²) in [4.78, 5) is 12.2. The van der Waals surface area contributed by atoms with E-state index >= 15 is 0 Å². The Kier molecular flexibility index (Phi) is 13.6. The van der Waals surface area contributed by atoms with Crippen molar-refractivity contribution in [2.45, 2.75) is 100 Å². The number of hydrogen-bond acceptors (Lipinski definition) is 2. The van der Waals surface area contributed by atoms with Gasteiger partial charge in [0.2, 0.25) is 0 Å². The number of esters is 1. The van der Waals surface area contributed by atoms with Crippen LogP contribution in [0.15, 0.2) is 46.6 Å². The first-order valence-corrected chi connectivity index (χ1v) is 10.4. The molecule has 1 unspecified atom stereocenters. The molecule has 154 valence electrons. The molecular weight excluding hydrogens is 332 g/mol. The summed E-state index contributed by atoms with van der Waals surface area (Å²) in [5, 5.41) is 0. The quantitative estimate of drug-likeness (QED) is 0.258. The topological polar surface area (TPSA) is 26.3 Å². The number of ether oxygens (including phenoxy) is 1. The molecule has 0 aliphatic rings. The van der Waals surface area contributed by atoms with Crippen molar-refractivity contribution >= 4 is 5.97 Å². The highest BCUT2D eigenvalue weighted by Crippen LogP contribution is 2.16. The molecule has 2 nitrogen and oxygen atoms in total. The third kappa shape index (κ3) is 16.3. The highest BCUT2D eigenvalue weighted by atomic mass is 16.5. The van der Waals surface area contributed by atoms with Crippen LogP contribution < -0.4 is 0 Å². The number of carbonyl (C=O) groups is 1. The average Bonchev–Trinajstić information content (AvgIpc) is 2.51. The summed E-state index contributed by atoms with van der Waals surface area (Å²) in [6.07, 6.45) is 14.1. The Balaban J connectivity index is 4.93. The van der Waals surface area contributed by atoms with E-state index in [0.29, 0.717) is 12.3 Å². The fourth-order valence-corrected chi connectivity index (χ4v) is 2.70. The standard InChI is InChI=1S/C25H42O2/c1-19(2)11-9-13-22(7)15-16-24(27-25(26)17-21(5)6)18-23(8)14-10-12-20(3)4/h11-12,15,18,21,24H,9-10,13-14,16-17H2,1-8H3/b22-15+,23-18+. The van der Waals surface area contributed by atoms with Gasteiger partial charge in [-0.05, 0) is 79.2 Å². The van der Waals surface area contributed by atoms with Gasteiger partial charge in [-0.3, -0.25) is 4.79 Å². The normalized spacial score (nSPS) is 13.4. The zero-order chi connectivity index (χ0) is 20.8. The number of allylic oxidation sites excluding steroid dienone is 6. The zero-order valence-electron chi connectivity index (χ0n) is 19.0. The van der Waals surface area contributed by atoms with Gasteiger partial charge in [0.05, 0.1) is 0 Å². The molecule has 0 amide bonds. The molecule has 0 rings (SSSR count). The summed E-state index contributed by atoms with van der Waals surface area (Å²) >= 11 is 0. The molecule has 0 aliphatic carbocycles. The molecule has 1 atom stereocenters. The van der Waals surface area contributed by atoms with E-state index in [1.807, 2.05) is 13.8 Å². The Hall–Kier alpha value is -1.57. The summed E-state index contributed by atoms with van der Waals surface area (Å²) in [7, 11) is 0. The molecule has 0 saturated carbocycles. The van der Waals surface area contributed by atoms with Gasteiger partial charge in [0.15, 0.2) is 0 Å². The molecule has 0 aromatic rings. The first-order chi connectivity index (χ1) is 12.6. The fourth-order valence-electron chi connectivity index (χ4n) is 2.70. The molecule has 0 heterocycles. The first-order valence-electron chi connectivity index (χ1n) is 10.4. The molecule has 0 aliphatic heterocycles. The van der Waals surface area contributed by atoms with Crippen LogP contribution in [0, 0.1) is 5.92 Å². The van der Waals surface area contributed by atoms with E-state index in [2.05, 4.69) is 65.8 Å². The maximum atomic E-state index is 12.2. The van der Waals surface area contributed by atoms with E-state index in [4.69, 9.17) is 4.74 Å². The second-order valence-corrected chi connectivity index (χ2v) is 8.57. The highest BCUT2D eigenvalue weighted by Gasteiger charge is 2.13. The van der Waals surface area contributed by atoms with Crippen molar-refractivity contribution in [1.82, 2.24) is 0 Å². The van der Waals surface area contributed by atoms with E-state index in [1.165, 1.54) is 22.3 Å². The lowest BCUT2D eigenvalue weighted by Crippen LogP contribution is -2.17. The molecular formula is C25H42O2. The highest BCUT2D eigenvalue weighted by molar-refractivity contribution is 5.70. The fraction of sp³-hybridized carbons (Fsp3) is 0.640. The smallest absolute Gasteiger partial charge is 0.306 e. The predicted octanol–water partition coefficient (Wildman–Crippen LogP) is 7.72. The summed E-state index contributed by atoms with van der Waals surface area (Å²) in [5.74, 6) is 0.223. The molecule has 0 spiro atoms.